The molecule has 1 unspecified atom stereocenters. The molecule has 5 nitrogen and oxygen atoms in total. The van der Waals surface area contributed by atoms with Gasteiger partial charge in [-0.25, -0.2) is 4.21 Å². The topological polar surface area (TPSA) is 75.7 Å². The number of carboxylic acid groups (broad SMARTS) is 1. The molecule has 0 bridgehead atoms. The quantitative estimate of drug-likeness (QED) is 0.565. The normalized spacial score (nSPS) is 13.8. The molecule has 0 radical (unpaired) electrons. The van der Waals surface area contributed by atoms with Crippen LogP contribution in [0.3, 0.4) is 0 Å². The third kappa shape index (κ3) is 4.68. The number of hydrogen-bond donors (Lipinski definition) is 0. The maximum Gasteiger partial charge on any atom is 0.188 e. The fraction of sp³-hybridized carbons (Fsp3) is 0.400. The fourth-order valence-corrected chi connectivity index (χ4v) is 2.39. The lowest BCUT2D eigenvalue weighted by atomic mass is 10.0. The van der Waals surface area contributed by atoms with Crippen LogP contribution in [-0.2, 0) is 24.8 Å². The average molecular weight is 311 g/mol. The van der Waals surface area contributed by atoms with Crippen molar-refractivity contribution in [2.45, 2.75) is 38.2 Å². The van der Waals surface area contributed by atoms with E-state index in [-0.39, 0.29) is 11.9 Å². The number of carboxylic acids is 1. The number of rotatable bonds is 7. The molecule has 0 heterocycles. The standard InChI is InChI=1S/C15H20O5S/c1-5-13(14(15(16)17)20-10(2)3)11-6-8-12(9-7-11)21(18)19-4/h6-10H,5H2,1-4H3,(H,16,17)/p-1/b14-13-. The molecular weight excluding hydrogens is 292 g/mol. The van der Waals surface area contributed by atoms with Crippen LogP contribution >= 0.6 is 0 Å². The summed E-state index contributed by atoms with van der Waals surface area (Å²) in [6.07, 6.45) is 0.211. The van der Waals surface area contributed by atoms with Gasteiger partial charge in [-0.2, -0.15) is 0 Å². The number of carbonyl (C=O) groups excluding carboxylic acids is 1. The van der Waals surface area contributed by atoms with Crippen molar-refractivity contribution in [3.05, 3.63) is 35.6 Å². The van der Waals surface area contributed by atoms with Crippen LogP contribution in [0.2, 0.25) is 0 Å². The minimum absolute atomic E-state index is 0.159. The second-order valence-electron chi connectivity index (χ2n) is 4.54. The van der Waals surface area contributed by atoms with Gasteiger partial charge >= 0.3 is 0 Å². The highest BCUT2D eigenvalue weighted by atomic mass is 32.2. The Morgan fingerprint density at radius 3 is 2.24 bits per heavy atom. The number of hydrogen-bond acceptors (Lipinski definition) is 5. The number of benzene rings is 1. The molecule has 0 fully saturated rings. The first-order valence-corrected chi connectivity index (χ1v) is 7.66. The molecule has 1 aromatic carbocycles. The van der Waals surface area contributed by atoms with Crippen molar-refractivity contribution in [2.24, 2.45) is 0 Å². The van der Waals surface area contributed by atoms with Gasteiger partial charge in [0, 0.05) is 5.57 Å². The summed E-state index contributed by atoms with van der Waals surface area (Å²) < 4.78 is 21.6. The van der Waals surface area contributed by atoms with Gasteiger partial charge in [-0.15, -0.1) is 0 Å². The van der Waals surface area contributed by atoms with Crippen molar-refractivity contribution in [2.75, 3.05) is 7.11 Å². The monoisotopic (exact) mass is 311 g/mol. The molecule has 6 heteroatoms. The minimum Gasteiger partial charge on any atom is -0.542 e. The SMILES string of the molecule is CC/C(=C(/OC(C)C)C(=O)[O-])c1ccc(S(=O)OC)cc1. The van der Waals surface area contributed by atoms with E-state index in [0.717, 1.165) is 0 Å². The van der Waals surface area contributed by atoms with Crippen LogP contribution in [0.1, 0.15) is 32.8 Å². The van der Waals surface area contributed by atoms with Gasteiger partial charge in [0.25, 0.3) is 0 Å². The lowest BCUT2D eigenvalue weighted by Gasteiger charge is -2.19. The van der Waals surface area contributed by atoms with Crippen LogP contribution < -0.4 is 5.11 Å². The van der Waals surface area contributed by atoms with Crippen molar-refractivity contribution in [3.63, 3.8) is 0 Å². The summed E-state index contributed by atoms with van der Waals surface area (Å²) in [6.45, 7) is 5.34. The molecule has 0 N–H and O–H groups in total. The van der Waals surface area contributed by atoms with Gasteiger partial charge in [-0.1, -0.05) is 19.1 Å². The predicted molar refractivity (Wildman–Crippen MR) is 78.3 cm³/mol. The summed E-state index contributed by atoms with van der Waals surface area (Å²) in [5, 5.41) is 11.3. The Hall–Kier alpha value is -1.66. The lowest BCUT2D eigenvalue weighted by molar-refractivity contribution is -0.303. The molecule has 0 aliphatic heterocycles. The van der Waals surface area contributed by atoms with E-state index in [1.807, 2.05) is 6.92 Å². The van der Waals surface area contributed by atoms with Gasteiger partial charge in [0.15, 0.2) is 11.1 Å². The van der Waals surface area contributed by atoms with E-state index in [1.54, 1.807) is 38.1 Å². The lowest BCUT2D eigenvalue weighted by Crippen LogP contribution is -2.28. The van der Waals surface area contributed by atoms with Crippen molar-refractivity contribution < 1.29 is 23.0 Å². The molecular formula is C15H19O5S-. The van der Waals surface area contributed by atoms with Crippen molar-refractivity contribution in [1.82, 2.24) is 0 Å². The van der Waals surface area contributed by atoms with Crippen molar-refractivity contribution in [1.29, 1.82) is 0 Å². The van der Waals surface area contributed by atoms with Crippen LogP contribution in [0.15, 0.2) is 34.9 Å². The Kier molecular flexibility index (Phi) is 6.58. The van der Waals surface area contributed by atoms with Gasteiger partial charge in [0.1, 0.15) is 11.7 Å². The Morgan fingerprint density at radius 1 is 1.29 bits per heavy atom. The second kappa shape index (κ2) is 7.95. The van der Waals surface area contributed by atoms with Gasteiger partial charge in [0.05, 0.1) is 18.1 Å². The summed E-state index contributed by atoms with van der Waals surface area (Å²) in [5.41, 5.74) is 1.23. The zero-order valence-electron chi connectivity index (χ0n) is 12.5. The van der Waals surface area contributed by atoms with E-state index in [1.165, 1.54) is 7.11 Å². The molecule has 21 heavy (non-hydrogen) atoms. The van der Waals surface area contributed by atoms with Crippen LogP contribution in [0.25, 0.3) is 5.57 Å². The van der Waals surface area contributed by atoms with Crippen LogP contribution in [0, 0.1) is 0 Å². The van der Waals surface area contributed by atoms with E-state index >= 15 is 0 Å². The number of allylic oxidation sites excluding steroid dienone is 1. The first-order valence-electron chi connectivity index (χ1n) is 6.58. The van der Waals surface area contributed by atoms with Gasteiger partial charge in [0.2, 0.25) is 0 Å². The summed E-state index contributed by atoms with van der Waals surface area (Å²) >= 11 is -1.52. The molecule has 0 aliphatic rings. The number of aliphatic carboxylic acids is 1. The molecule has 0 spiro atoms. The highest BCUT2D eigenvalue weighted by Gasteiger charge is 2.13. The second-order valence-corrected chi connectivity index (χ2v) is 5.82. The first kappa shape index (κ1) is 17.4. The zero-order valence-corrected chi connectivity index (χ0v) is 13.4. The summed E-state index contributed by atoms with van der Waals surface area (Å²) in [5.74, 6) is -1.50. The average Bonchev–Trinajstić information content (AvgIpc) is 2.46. The maximum atomic E-state index is 11.5. The van der Waals surface area contributed by atoms with Crippen LogP contribution in [0.4, 0.5) is 0 Å². The Bertz CT molecular complexity index is 546. The molecule has 0 saturated heterocycles. The molecule has 1 aromatic rings. The largest absolute Gasteiger partial charge is 0.542 e. The molecule has 1 rings (SSSR count). The summed E-state index contributed by atoms with van der Waals surface area (Å²) in [6, 6.07) is 6.65. The van der Waals surface area contributed by atoms with Crippen LogP contribution in [-0.4, -0.2) is 23.4 Å². The van der Waals surface area contributed by atoms with E-state index in [2.05, 4.69) is 0 Å². The molecule has 0 amide bonds. The molecule has 0 aliphatic carbocycles. The van der Waals surface area contributed by atoms with Gasteiger partial charge in [-0.3, -0.25) is 4.18 Å². The molecule has 0 aromatic heterocycles. The zero-order chi connectivity index (χ0) is 16.0. The number of ether oxygens (including phenoxy) is 1. The maximum absolute atomic E-state index is 11.5. The number of carbonyl (C=O) groups is 1. The Labute approximate surface area is 127 Å². The highest BCUT2D eigenvalue weighted by Crippen LogP contribution is 2.25. The van der Waals surface area contributed by atoms with Crippen molar-refractivity contribution in [3.8, 4) is 0 Å². The fourth-order valence-electron chi connectivity index (χ4n) is 1.84. The van der Waals surface area contributed by atoms with E-state index in [9.17, 15) is 14.1 Å². The van der Waals surface area contributed by atoms with E-state index in [0.29, 0.717) is 22.5 Å². The Balaban J connectivity index is 3.24. The third-order valence-corrected chi connectivity index (χ3v) is 3.67. The predicted octanol–water partition coefficient (Wildman–Crippen LogP) is 1.65. The van der Waals surface area contributed by atoms with Gasteiger partial charge < -0.3 is 14.6 Å². The summed E-state index contributed by atoms with van der Waals surface area (Å²) in [4.78, 5) is 11.8. The highest BCUT2D eigenvalue weighted by molar-refractivity contribution is 7.80. The van der Waals surface area contributed by atoms with Crippen LogP contribution in [0.5, 0.6) is 0 Å². The first-order chi connectivity index (χ1) is 9.90. The van der Waals surface area contributed by atoms with E-state index < -0.39 is 17.0 Å². The minimum atomic E-state index is -1.52. The van der Waals surface area contributed by atoms with Gasteiger partial charge in [-0.05, 0) is 38.0 Å². The smallest absolute Gasteiger partial charge is 0.188 e. The Morgan fingerprint density at radius 2 is 1.86 bits per heavy atom. The van der Waals surface area contributed by atoms with Crippen molar-refractivity contribution >= 4 is 22.6 Å². The summed E-state index contributed by atoms with van der Waals surface area (Å²) in [7, 11) is 1.35. The van der Waals surface area contributed by atoms with E-state index in [4.69, 9.17) is 8.92 Å². The molecule has 0 saturated carbocycles. The molecule has 116 valence electrons. The third-order valence-electron chi connectivity index (χ3n) is 2.71. The molecule has 1 atom stereocenters.